The summed E-state index contributed by atoms with van der Waals surface area (Å²) in [6.07, 6.45) is 3.66. The molecule has 0 saturated carbocycles. The van der Waals surface area contributed by atoms with Gasteiger partial charge in [0.25, 0.3) is 0 Å². The summed E-state index contributed by atoms with van der Waals surface area (Å²) in [6, 6.07) is 51.3. The van der Waals surface area contributed by atoms with Gasteiger partial charge >= 0.3 is 0 Å². The number of para-hydroxylation sites is 1. The van der Waals surface area contributed by atoms with Crippen LogP contribution in [0.4, 0.5) is 0 Å². The van der Waals surface area contributed by atoms with E-state index in [0.29, 0.717) is 17.5 Å². The highest BCUT2D eigenvalue weighted by atomic mass is 16.3. The third kappa shape index (κ3) is 4.72. The highest BCUT2D eigenvalue weighted by Crippen LogP contribution is 2.50. The van der Waals surface area contributed by atoms with Gasteiger partial charge in [0.2, 0.25) is 0 Å². The minimum atomic E-state index is -0.0918. The number of hydrogen-bond donors (Lipinski definition) is 0. The summed E-state index contributed by atoms with van der Waals surface area (Å²) in [5, 5.41) is 6.95. The maximum absolute atomic E-state index is 6.28. The Morgan fingerprint density at radius 2 is 1.07 bits per heavy atom. The molecule has 0 bridgehead atoms. The van der Waals surface area contributed by atoms with E-state index in [1.54, 1.807) is 6.20 Å². The van der Waals surface area contributed by atoms with Crippen LogP contribution in [0.2, 0.25) is 0 Å². The first kappa shape index (κ1) is 30.6. The van der Waals surface area contributed by atoms with Crippen LogP contribution < -0.4 is 0 Å². The first-order chi connectivity index (χ1) is 26.5. The van der Waals surface area contributed by atoms with Crippen LogP contribution in [-0.4, -0.2) is 19.9 Å². The topological polar surface area (TPSA) is 64.7 Å². The second-order valence-electron chi connectivity index (χ2n) is 14.7. The number of nitrogens with zero attached hydrogens (tertiary/aromatic N) is 4. The molecule has 5 heteroatoms. The van der Waals surface area contributed by atoms with E-state index in [4.69, 9.17) is 19.4 Å². The summed E-state index contributed by atoms with van der Waals surface area (Å²) < 4.78 is 6.28. The number of furan rings is 1. The average Bonchev–Trinajstić information content (AvgIpc) is 3.71. The minimum Gasteiger partial charge on any atom is -0.456 e. The fourth-order valence-corrected chi connectivity index (χ4v) is 8.36. The van der Waals surface area contributed by atoms with Crippen LogP contribution in [0.1, 0.15) is 25.0 Å². The average molecular weight is 693 g/mol. The third-order valence-corrected chi connectivity index (χ3v) is 11.2. The van der Waals surface area contributed by atoms with Gasteiger partial charge in [-0.3, -0.25) is 4.98 Å². The molecule has 1 aliphatic rings. The lowest BCUT2D eigenvalue weighted by atomic mass is 9.81. The Morgan fingerprint density at radius 3 is 1.91 bits per heavy atom. The molecular weight excluding hydrogens is 661 g/mol. The second kappa shape index (κ2) is 11.5. The van der Waals surface area contributed by atoms with Gasteiger partial charge in [0.1, 0.15) is 11.2 Å². The van der Waals surface area contributed by atoms with Gasteiger partial charge < -0.3 is 4.42 Å². The molecule has 0 aliphatic heterocycles. The summed E-state index contributed by atoms with van der Waals surface area (Å²) in [5.41, 5.74) is 11.8. The number of pyridine rings is 1. The quantitative estimate of drug-likeness (QED) is 0.172. The fraction of sp³-hybridized carbons (Fsp3) is 0.0612. The lowest BCUT2D eigenvalue weighted by molar-refractivity contribution is 0.661. The predicted molar refractivity (Wildman–Crippen MR) is 219 cm³/mol. The lowest BCUT2D eigenvalue weighted by Gasteiger charge is -2.22. The largest absolute Gasteiger partial charge is 0.456 e. The highest BCUT2D eigenvalue weighted by Gasteiger charge is 2.35. The number of hydrogen-bond acceptors (Lipinski definition) is 5. The van der Waals surface area contributed by atoms with Crippen molar-refractivity contribution in [2.45, 2.75) is 19.3 Å². The fourth-order valence-electron chi connectivity index (χ4n) is 8.36. The maximum Gasteiger partial charge on any atom is 0.164 e. The van der Waals surface area contributed by atoms with Gasteiger partial charge in [-0.1, -0.05) is 117 Å². The van der Waals surface area contributed by atoms with Crippen molar-refractivity contribution in [2.75, 3.05) is 0 Å². The number of aromatic nitrogens is 4. The van der Waals surface area contributed by atoms with E-state index in [2.05, 4.69) is 134 Å². The molecule has 54 heavy (non-hydrogen) atoms. The van der Waals surface area contributed by atoms with Gasteiger partial charge in [-0.25, -0.2) is 15.0 Å². The number of rotatable bonds is 4. The van der Waals surface area contributed by atoms with Gasteiger partial charge in [0.15, 0.2) is 17.5 Å². The van der Waals surface area contributed by atoms with E-state index in [1.165, 1.54) is 43.8 Å². The maximum atomic E-state index is 6.28. The van der Waals surface area contributed by atoms with Gasteiger partial charge in [-0.05, 0) is 97.4 Å². The third-order valence-electron chi connectivity index (χ3n) is 11.2. The summed E-state index contributed by atoms with van der Waals surface area (Å²) in [6.45, 7) is 4.67. The van der Waals surface area contributed by atoms with E-state index < -0.39 is 0 Å². The van der Waals surface area contributed by atoms with Crippen LogP contribution in [0, 0.1) is 0 Å². The minimum absolute atomic E-state index is 0.0918. The zero-order valence-electron chi connectivity index (χ0n) is 29.7. The molecule has 3 aromatic heterocycles. The van der Waals surface area contributed by atoms with E-state index in [0.717, 1.165) is 49.8 Å². The molecule has 254 valence electrons. The molecule has 0 unspecified atom stereocenters. The zero-order chi connectivity index (χ0) is 36.0. The summed E-state index contributed by atoms with van der Waals surface area (Å²) in [7, 11) is 0. The molecule has 10 aromatic rings. The van der Waals surface area contributed by atoms with Crippen LogP contribution in [0.25, 0.3) is 99.9 Å². The lowest BCUT2D eigenvalue weighted by Crippen LogP contribution is -2.14. The van der Waals surface area contributed by atoms with Crippen LogP contribution in [0.15, 0.2) is 162 Å². The van der Waals surface area contributed by atoms with Crippen molar-refractivity contribution >= 4 is 43.5 Å². The van der Waals surface area contributed by atoms with Crippen molar-refractivity contribution < 1.29 is 4.42 Å². The highest BCUT2D eigenvalue weighted by molar-refractivity contribution is 6.11. The number of fused-ring (bicyclic) bond motifs is 9. The van der Waals surface area contributed by atoms with Crippen molar-refractivity contribution in [2.24, 2.45) is 0 Å². The summed E-state index contributed by atoms with van der Waals surface area (Å²) in [5.74, 6) is 1.81. The van der Waals surface area contributed by atoms with E-state index in [9.17, 15) is 0 Å². The molecule has 0 atom stereocenters. The Bertz CT molecular complexity index is 3130. The van der Waals surface area contributed by atoms with Gasteiger partial charge in [0, 0.05) is 45.3 Å². The molecule has 0 fully saturated rings. The van der Waals surface area contributed by atoms with Crippen molar-refractivity contribution in [1.29, 1.82) is 0 Å². The molecule has 3 heterocycles. The molecular formula is C49H32N4O. The molecule has 5 nitrogen and oxygen atoms in total. The first-order valence-electron chi connectivity index (χ1n) is 18.3. The van der Waals surface area contributed by atoms with Crippen LogP contribution in [0.5, 0.6) is 0 Å². The monoisotopic (exact) mass is 692 g/mol. The molecule has 0 saturated heterocycles. The molecule has 0 radical (unpaired) electrons. The predicted octanol–water partition coefficient (Wildman–Crippen LogP) is 12.4. The Balaban J connectivity index is 1.09. The summed E-state index contributed by atoms with van der Waals surface area (Å²) in [4.78, 5) is 19.7. The first-order valence-corrected chi connectivity index (χ1v) is 18.3. The number of benzene rings is 7. The Morgan fingerprint density at radius 1 is 0.426 bits per heavy atom. The molecule has 0 amide bonds. The van der Waals surface area contributed by atoms with Crippen LogP contribution in [-0.2, 0) is 5.41 Å². The normalized spacial score (nSPS) is 13.1. The molecule has 1 aliphatic carbocycles. The summed E-state index contributed by atoms with van der Waals surface area (Å²) >= 11 is 0. The van der Waals surface area contributed by atoms with Gasteiger partial charge in [-0.2, -0.15) is 0 Å². The van der Waals surface area contributed by atoms with Crippen LogP contribution in [0.3, 0.4) is 0 Å². The van der Waals surface area contributed by atoms with Crippen molar-refractivity contribution in [3.05, 3.63) is 169 Å². The van der Waals surface area contributed by atoms with Gasteiger partial charge in [0.05, 0.1) is 0 Å². The van der Waals surface area contributed by atoms with Crippen molar-refractivity contribution in [3.63, 3.8) is 0 Å². The second-order valence-corrected chi connectivity index (χ2v) is 14.7. The Hall–Kier alpha value is -6.98. The smallest absolute Gasteiger partial charge is 0.164 e. The van der Waals surface area contributed by atoms with E-state index in [-0.39, 0.29) is 5.41 Å². The van der Waals surface area contributed by atoms with E-state index in [1.807, 2.05) is 36.5 Å². The zero-order valence-corrected chi connectivity index (χ0v) is 29.7. The standard InChI is InChI=1S/C49H32N4O/c1-49(2)42-11-5-3-9-36(42)41-24-32-19-15-30-16-20-33(25-39(30)40(32)27-43(41)49)47-51-46(31-17-13-29(14-18-31)35-8-7-23-50-28-35)52-48(53-47)34-21-22-38-37-10-4-6-12-44(37)54-45(38)26-34/h3-28H,1-2H3. The van der Waals surface area contributed by atoms with Crippen molar-refractivity contribution in [1.82, 2.24) is 19.9 Å². The van der Waals surface area contributed by atoms with Crippen molar-refractivity contribution in [3.8, 4) is 56.4 Å². The molecule has 0 spiro atoms. The molecule has 7 aromatic carbocycles. The Labute approximate surface area is 311 Å². The van der Waals surface area contributed by atoms with Crippen LogP contribution >= 0.6 is 0 Å². The van der Waals surface area contributed by atoms with Gasteiger partial charge in [-0.15, -0.1) is 0 Å². The molecule has 0 N–H and O–H groups in total. The SMILES string of the molecule is CC1(C)c2ccccc2-c2cc3ccc4ccc(-c5nc(-c6ccc(-c7cccnc7)cc6)nc(-c6ccc7c(c6)oc6ccccc67)n5)cc4c3cc21. The Kier molecular flexibility index (Phi) is 6.53. The van der Waals surface area contributed by atoms with E-state index >= 15 is 0 Å². The molecule has 11 rings (SSSR count).